The normalized spacial score (nSPS) is 18.6. The number of methoxy groups -OCH3 is 1. The molecular weight excluding hydrogens is 392 g/mol. The Labute approximate surface area is 183 Å². The van der Waals surface area contributed by atoms with Crippen LogP contribution in [0.1, 0.15) is 35.8 Å². The van der Waals surface area contributed by atoms with Gasteiger partial charge in [-0.25, -0.2) is 4.99 Å². The molecular formula is C24H32N4OS. The molecule has 6 heteroatoms. The van der Waals surface area contributed by atoms with Crippen LogP contribution in [0.3, 0.4) is 0 Å². The fourth-order valence-corrected chi connectivity index (χ4v) is 5.28. The fraction of sp³-hybridized carbons (Fsp3) is 0.458. The van der Waals surface area contributed by atoms with E-state index in [1.807, 2.05) is 11.3 Å². The Balaban J connectivity index is 1.76. The average Bonchev–Trinajstić information content (AvgIpc) is 2.97. The van der Waals surface area contributed by atoms with E-state index in [0.29, 0.717) is 6.04 Å². The van der Waals surface area contributed by atoms with E-state index in [-0.39, 0.29) is 0 Å². The summed E-state index contributed by atoms with van der Waals surface area (Å²) in [6.45, 7) is 8.07. The number of allylic oxidation sites excluding steroid dienone is 2. The number of piperazine rings is 1. The predicted octanol–water partition coefficient (Wildman–Crippen LogP) is 5.01. The molecule has 2 aromatic rings. The van der Waals surface area contributed by atoms with Crippen molar-refractivity contribution in [1.29, 1.82) is 0 Å². The van der Waals surface area contributed by atoms with Crippen LogP contribution in [0.4, 0.5) is 16.4 Å². The summed E-state index contributed by atoms with van der Waals surface area (Å²) < 4.78 is 5.32. The predicted molar refractivity (Wildman–Crippen MR) is 128 cm³/mol. The third kappa shape index (κ3) is 4.46. The first-order valence-corrected chi connectivity index (χ1v) is 11.7. The second kappa shape index (κ2) is 9.77. The van der Waals surface area contributed by atoms with Crippen molar-refractivity contribution in [3.05, 3.63) is 52.4 Å². The Morgan fingerprint density at radius 3 is 3.00 bits per heavy atom. The summed E-state index contributed by atoms with van der Waals surface area (Å²) in [5.74, 6) is 1.11. The van der Waals surface area contributed by atoms with Crippen molar-refractivity contribution < 1.29 is 4.74 Å². The number of ether oxygens (including phenoxy) is 1. The summed E-state index contributed by atoms with van der Waals surface area (Å²) in [6, 6.07) is 8.78. The van der Waals surface area contributed by atoms with Crippen LogP contribution < -0.4 is 10.6 Å². The molecule has 1 fully saturated rings. The first-order chi connectivity index (χ1) is 14.7. The van der Waals surface area contributed by atoms with E-state index in [4.69, 9.17) is 9.73 Å². The zero-order valence-corrected chi connectivity index (χ0v) is 19.0. The van der Waals surface area contributed by atoms with Crippen LogP contribution in [-0.2, 0) is 11.2 Å². The lowest BCUT2D eigenvalue weighted by atomic mass is 10.0. The second-order valence-corrected chi connectivity index (χ2v) is 9.11. The van der Waals surface area contributed by atoms with Gasteiger partial charge in [-0.1, -0.05) is 31.2 Å². The van der Waals surface area contributed by atoms with Gasteiger partial charge < -0.3 is 20.3 Å². The van der Waals surface area contributed by atoms with Gasteiger partial charge in [0.15, 0.2) is 0 Å². The monoisotopic (exact) mass is 424 g/mol. The molecule has 1 aromatic heterocycles. The zero-order chi connectivity index (χ0) is 20.9. The molecule has 4 rings (SSSR count). The quantitative estimate of drug-likeness (QED) is 0.640. The van der Waals surface area contributed by atoms with Gasteiger partial charge in [0.2, 0.25) is 0 Å². The Morgan fingerprint density at radius 2 is 2.17 bits per heavy atom. The number of hydrogen-bond acceptors (Lipinski definition) is 6. The number of nitrogens with one attached hydrogen (secondary N) is 2. The van der Waals surface area contributed by atoms with E-state index < -0.39 is 0 Å². The lowest BCUT2D eigenvalue weighted by Crippen LogP contribution is -2.53. The SMILES string of the molecule is CC/C=C\Cc1c(C)sc2c1C(N1CCN[C@@H](CCOC)C1)=Nc1ccccc1N2. The van der Waals surface area contributed by atoms with Crippen molar-refractivity contribution in [3.63, 3.8) is 0 Å². The number of aliphatic imine (C=N–C) groups is 1. The molecule has 2 N–H and O–H groups in total. The first-order valence-electron chi connectivity index (χ1n) is 10.9. The van der Waals surface area contributed by atoms with Gasteiger partial charge in [-0.2, -0.15) is 0 Å². The van der Waals surface area contributed by atoms with E-state index in [1.54, 1.807) is 7.11 Å². The molecule has 2 aliphatic heterocycles. The molecule has 30 heavy (non-hydrogen) atoms. The highest BCUT2D eigenvalue weighted by Gasteiger charge is 2.30. The van der Waals surface area contributed by atoms with Gasteiger partial charge in [0, 0.05) is 44.3 Å². The molecule has 2 aliphatic rings. The Hall–Kier alpha value is -2.15. The van der Waals surface area contributed by atoms with Gasteiger partial charge in [0.25, 0.3) is 0 Å². The van der Waals surface area contributed by atoms with E-state index in [0.717, 1.165) is 62.7 Å². The molecule has 0 unspecified atom stereocenters. The van der Waals surface area contributed by atoms with E-state index >= 15 is 0 Å². The van der Waals surface area contributed by atoms with Crippen LogP contribution in [-0.4, -0.2) is 50.1 Å². The summed E-state index contributed by atoms with van der Waals surface area (Å²) in [6.07, 6.45) is 7.57. The van der Waals surface area contributed by atoms with Crippen LogP contribution >= 0.6 is 11.3 Å². The lowest BCUT2D eigenvalue weighted by molar-refractivity contribution is 0.168. The van der Waals surface area contributed by atoms with E-state index in [1.165, 1.54) is 21.0 Å². The molecule has 1 atom stereocenters. The lowest BCUT2D eigenvalue weighted by Gasteiger charge is -2.36. The van der Waals surface area contributed by atoms with Gasteiger partial charge in [0.05, 0.1) is 16.9 Å². The van der Waals surface area contributed by atoms with Crippen LogP contribution in [0, 0.1) is 6.92 Å². The average molecular weight is 425 g/mol. The van der Waals surface area contributed by atoms with Crippen LogP contribution in [0.25, 0.3) is 0 Å². The molecule has 5 nitrogen and oxygen atoms in total. The molecule has 3 heterocycles. The minimum atomic E-state index is 0.416. The van der Waals surface area contributed by atoms with Crippen molar-refractivity contribution >= 4 is 33.5 Å². The highest BCUT2D eigenvalue weighted by Crippen LogP contribution is 2.42. The van der Waals surface area contributed by atoms with E-state index in [2.05, 4.69) is 65.8 Å². The number of hydrogen-bond donors (Lipinski definition) is 2. The second-order valence-electron chi connectivity index (χ2n) is 7.88. The Morgan fingerprint density at radius 1 is 1.30 bits per heavy atom. The molecule has 0 spiro atoms. The largest absolute Gasteiger partial charge is 0.385 e. The fourth-order valence-electron chi connectivity index (χ4n) is 4.19. The number of aryl methyl sites for hydroxylation is 1. The number of rotatable bonds is 6. The van der Waals surface area contributed by atoms with Crippen LogP contribution in [0.15, 0.2) is 41.4 Å². The number of fused-ring (bicyclic) bond motifs is 2. The van der Waals surface area contributed by atoms with Crippen LogP contribution in [0.2, 0.25) is 0 Å². The van der Waals surface area contributed by atoms with Crippen molar-refractivity contribution in [2.24, 2.45) is 4.99 Å². The van der Waals surface area contributed by atoms with Crippen LogP contribution in [0.5, 0.6) is 0 Å². The highest BCUT2D eigenvalue weighted by molar-refractivity contribution is 7.16. The summed E-state index contributed by atoms with van der Waals surface area (Å²) in [7, 11) is 1.77. The number of thiophene rings is 1. The van der Waals surface area contributed by atoms with Gasteiger partial charge >= 0.3 is 0 Å². The topological polar surface area (TPSA) is 48.9 Å². The standard InChI is InChI=1S/C24H32N4OS/c1-4-5-6-9-19-17(2)30-24-22(19)23(26-20-10-7-8-11-21(20)27-24)28-14-13-25-18(16-28)12-15-29-3/h5-8,10-11,18,25,27H,4,9,12-16H2,1-3H3/b6-5-/t18-/m0/s1. The highest BCUT2D eigenvalue weighted by atomic mass is 32.1. The summed E-state index contributed by atoms with van der Waals surface area (Å²) in [5.41, 5.74) is 4.76. The molecule has 1 aromatic carbocycles. The zero-order valence-electron chi connectivity index (χ0n) is 18.2. The third-order valence-corrected chi connectivity index (χ3v) is 6.82. The first kappa shape index (κ1) is 21.1. The summed E-state index contributed by atoms with van der Waals surface area (Å²) in [5, 5.41) is 8.54. The maximum absolute atomic E-state index is 5.32. The van der Waals surface area contributed by atoms with Crippen molar-refractivity contribution in [2.45, 2.75) is 39.2 Å². The van der Waals surface area contributed by atoms with Gasteiger partial charge in [-0.05, 0) is 43.9 Å². The minimum Gasteiger partial charge on any atom is -0.385 e. The molecule has 0 aliphatic carbocycles. The van der Waals surface area contributed by atoms with Crippen molar-refractivity contribution in [2.75, 3.05) is 38.7 Å². The Bertz CT molecular complexity index is 933. The molecule has 0 bridgehead atoms. The number of benzene rings is 1. The molecule has 160 valence electrons. The van der Waals surface area contributed by atoms with Gasteiger partial charge in [0.1, 0.15) is 10.8 Å². The maximum Gasteiger partial charge on any atom is 0.140 e. The molecule has 1 saturated heterocycles. The van der Waals surface area contributed by atoms with Gasteiger partial charge in [-0.3, -0.25) is 0 Å². The third-order valence-electron chi connectivity index (χ3n) is 5.76. The minimum absolute atomic E-state index is 0.416. The van der Waals surface area contributed by atoms with Crippen molar-refractivity contribution in [1.82, 2.24) is 10.2 Å². The van der Waals surface area contributed by atoms with Crippen molar-refractivity contribution in [3.8, 4) is 0 Å². The van der Waals surface area contributed by atoms with E-state index in [9.17, 15) is 0 Å². The number of para-hydroxylation sites is 2. The number of nitrogens with zero attached hydrogens (tertiary/aromatic N) is 2. The number of amidine groups is 1. The Kier molecular flexibility index (Phi) is 6.87. The molecule has 0 saturated carbocycles. The summed E-state index contributed by atoms with van der Waals surface area (Å²) in [4.78, 5) is 9.06. The smallest absolute Gasteiger partial charge is 0.140 e. The molecule has 0 amide bonds. The maximum atomic E-state index is 5.32. The molecule has 0 radical (unpaired) electrons. The summed E-state index contributed by atoms with van der Waals surface area (Å²) >= 11 is 1.85. The number of anilines is 2. The van der Waals surface area contributed by atoms with Gasteiger partial charge in [-0.15, -0.1) is 11.3 Å².